The first kappa shape index (κ1) is 22.2. The van der Waals surface area contributed by atoms with Gasteiger partial charge in [0.05, 0.1) is 31.4 Å². The van der Waals surface area contributed by atoms with Crippen LogP contribution < -0.4 is 31.0 Å². The number of benzene rings is 2. The van der Waals surface area contributed by atoms with Crippen LogP contribution in [0.1, 0.15) is 17.9 Å². The zero-order chi connectivity index (χ0) is 23.5. The monoisotopic (exact) mass is 469 g/mol. The molecular weight excluding hydrogens is 450 g/mol. The third-order valence-corrected chi connectivity index (χ3v) is 5.29. The second kappa shape index (κ2) is 9.21. The summed E-state index contributed by atoms with van der Waals surface area (Å²) in [4.78, 5) is 45.2. The van der Waals surface area contributed by atoms with Gasteiger partial charge in [-0.2, -0.15) is 4.98 Å². The van der Waals surface area contributed by atoms with Crippen molar-refractivity contribution >= 4 is 46.6 Å². The highest BCUT2D eigenvalue weighted by molar-refractivity contribution is 6.30. The Kier molecular flexibility index (Phi) is 6.18. The topological polar surface area (TPSA) is 134 Å². The molecule has 4 N–H and O–H groups in total. The molecule has 0 saturated carbocycles. The van der Waals surface area contributed by atoms with Crippen LogP contribution in [0.25, 0.3) is 0 Å². The maximum Gasteiger partial charge on any atom is 0.258 e. The fraction of sp³-hybridized carbons (Fsp3) is 0.182. The summed E-state index contributed by atoms with van der Waals surface area (Å²) in [6, 6.07) is 11.7. The van der Waals surface area contributed by atoms with Crippen LogP contribution in [0.15, 0.2) is 47.3 Å². The molecule has 0 fully saturated rings. The first-order valence-electron chi connectivity index (χ1n) is 9.87. The summed E-state index contributed by atoms with van der Waals surface area (Å²) < 4.78 is 10.5. The van der Waals surface area contributed by atoms with E-state index in [1.807, 2.05) is 0 Å². The molecule has 1 aliphatic heterocycles. The molecule has 1 aromatic heterocycles. The molecular formula is C22H20ClN5O5. The number of hydrogen-bond acceptors (Lipinski definition) is 7. The van der Waals surface area contributed by atoms with E-state index in [1.54, 1.807) is 42.5 Å². The number of carbonyl (C=O) groups excluding carboxylic acids is 2. The van der Waals surface area contributed by atoms with Gasteiger partial charge in [-0.25, -0.2) is 0 Å². The first-order valence-corrected chi connectivity index (χ1v) is 10.2. The van der Waals surface area contributed by atoms with Gasteiger partial charge >= 0.3 is 0 Å². The molecule has 11 heteroatoms. The van der Waals surface area contributed by atoms with Crippen molar-refractivity contribution in [1.82, 2.24) is 9.97 Å². The van der Waals surface area contributed by atoms with Crippen molar-refractivity contribution in [3.05, 3.63) is 63.4 Å². The predicted molar refractivity (Wildman–Crippen MR) is 124 cm³/mol. The Labute approximate surface area is 193 Å². The summed E-state index contributed by atoms with van der Waals surface area (Å²) in [5, 5.41) is 8.79. The van der Waals surface area contributed by atoms with E-state index in [0.717, 1.165) is 0 Å². The molecule has 2 aromatic carbocycles. The highest BCUT2D eigenvalue weighted by Gasteiger charge is 2.35. The van der Waals surface area contributed by atoms with Gasteiger partial charge in [0.15, 0.2) is 0 Å². The van der Waals surface area contributed by atoms with Crippen molar-refractivity contribution in [3.63, 3.8) is 0 Å². The van der Waals surface area contributed by atoms with Crippen LogP contribution in [-0.4, -0.2) is 36.0 Å². The van der Waals surface area contributed by atoms with Crippen molar-refractivity contribution in [1.29, 1.82) is 0 Å². The lowest BCUT2D eigenvalue weighted by Crippen LogP contribution is -2.36. The van der Waals surface area contributed by atoms with Crippen LogP contribution in [0, 0.1) is 0 Å². The number of nitrogens with zero attached hydrogens (tertiary/aromatic N) is 1. The molecule has 1 aliphatic rings. The number of nitrogens with one attached hydrogen (secondary N) is 4. The van der Waals surface area contributed by atoms with E-state index >= 15 is 0 Å². The molecule has 3 aromatic rings. The maximum absolute atomic E-state index is 13.1. The lowest BCUT2D eigenvalue weighted by Gasteiger charge is -2.24. The van der Waals surface area contributed by atoms with Crippen molar-refractivity contribution < 1.29 is 19.1 Å². The number of rotatable bonds is 6. The van der Waals surface area contributed by atoms with Crippen molar-refractivity contribution in [2.24, 2.45) is 0 Å². The Bertz CT molecular complexity index is 1280. The van der Waals surface area contributed by atoms with Gasteiger partial charge in [0.2, 0.25) is 17.8 Å². The average molecular weight is 470 g/mol. The van der Waals surface area contributed by atoms with Crippen LogP contribution in [0.4, 0.5) is 23.1 Å². The molecule has 0 aliphatic carbocycles. The minimum Gasteiger partial charge on any atom is -0.497 e. The summed E-state index contributed by atoms with van der Waals surface area (Å²) in [5.41, 5.74) is 0.494. The van der Waals surface area contributed by atoms with Gasteiger partial charge in [-0.15, -0.1) is 0 Å². The Morgan fingerprint density at radius 2 is 1.88 bits per heavy atom. The summed E-state index contributed by atoms with van der Waals surface area (Å²) in [6.07, 6.45) is -0.208. The number of amides is 2. The van der Waals surface area contributed by atoms with E-state index in [9.17, 15) is 14.4 Å². The number of halogens is 1. The molecule has 1 unspecified atom stereocenters. The van der Waals surface area contributed by atoms with Crippen LogP contribution in [0.5, 0.6) is 11.5 Å². The number of anilines is 4. The van der Waals surface area contributed by atoms with Gasteiger partial charge in [0, 0.05) is 23.2 Å². The molecule has 0 bridgehead atoms. The Balaban J connectivity index is 1.64. The van der Waals surface area contributed by atoms with Gasteiger partial charge in [0.25, 0.3) is 5.56 Å². The number of aromatic amines is 1. The van der Waals surface area contributed by atoms with E-state index in [-0.39, 0.29) is 23.8 Å². The van der Waals surface area contributed by atoms with Crippen molar-refractivity contribution in [2.75, 3.05) is 30.2 Å². The zero-order valence-electron chi connectivity index (χ0n) is 17.7. The van der Waals surface area contributed by atoms with E-state index in [2.05, 4.69) is 25.9 Å². The molecule has 2 amide bonds. The lowest BCUT2D eigenvalue weighted by molar-refractivity contribution is -0.123. The standard InChI is InChI=1S/C22H20ClN5O5/c1-32-13-7-8-16(33-2)15(9-13)25-20(30)14-10-17(29)26-19-18(14)21(31)28-22(27-19)24-12-5-3-11(23)4-6-12/h3-9,14H,10H2,1-2H3,(H,25,30)(H3,24,26,27,28,29,31). The molecule has 0 spiro atoms. The Morgan fingerprint density at radius 3 is 2.58 bits per heavy atom. The van der Waals surface area contributed by atoms with Gasteiger partial charge in [-0.3, -0.25) is 19.4 Å². The normalized spacial score (nSPS) is 14.6. The fourth-order valence-corrected chi connectivity index (χ4v) is 3.58. The minimum atomic E-state index is -1.05. The van der Waals surface area contributed by atoms with Gasteiger partial charge < -0.3 is 25.4 Å². The highest BCUT2D eigenvalue weighted by atomic mass is 35.5. The Morgan fingerprint density at radius 1 is 1.12 bits per heavy atom. The second-order valence-electron chi connectivity index (χ2n) is 7.17. The molecule has 10 nitrogen and oxygen atoms in total. The molecule has 0 radical (unpaired) electrons. The maximum atomic E-state index is 13.1. The van der Waals surface area contributed by atoms with Crippen LogP contribution in [-0.2, 0) is 9.59 Å². The van der Waals surface area contributed by atoms with E-state index < -0.39 is 23.3 Å². The minimum absolute atomic E-state index is 0.0178. The molecule has 2 heterocycles. The molecule has 4 rings (SSSR count). The van der Waals surface area contributed by atoms with Gasteiger partial charge in [0.1, 0.15) is 17.3 Å². The second-order valence-corrected chi connectivity index (χ2v) is 7.61. The van der Waals surface area contributed by atoms with Crippen LogP contribution in [0.2, 0.25) is 5.02 Å². The quantitative estimate of drug-likeness (QED) is 0.435. The van der Waals surface area contributed by atoms with Crippen molar-refractivity contribution in [3.8, 4) is 11.5 Å². The number of ether oxygens (including phenoxy) is 2. The summed E-state index contributed by atoms with van der Waals surface area (Å²) in [5.74, 6) is -1.00. The van der Waals surface area contributed by atoms with Gasteiger partial charge in [-0.1, -0.05) is 11.6 Å². The number of methoxy groups -OCH3 is 2. The summed E-state index contributed by atoms with van der Waals surface area (Å²) in [7, 11) is 2.96. The lowest BCUT2D eigenvalue weighted by atomic mass is 9.92. The average Bonchev–Trinajstić information content (AvgIpc) is 2.79. The van der Waals surface area contributed by atoms with Crippen LogP contribution in [0.3, 0.4) is 0 Å². The Hall–Kier alpha value is -4.05. The summed E-state index contributed by atoms with van der Waals surface area (Å²) in [6.45, 7) is 0. The van der Waals surface area contributed by atoms with Gasteiger partial charge in [-0.05, 0) is 36.4 Å². The number of hydrogen-bond donors (Lipinski definition) is 4. The molecule has 0 saturated heterocycles. The fourth-order valence-electron chi connectivity index (χ4n) is 3.46. The number of fused-ring (bicyclic) bond motifs is 1. The SMILES string of the molecule is COc1ccc(OC)c(NC(=O)C2CC(=O)Nc3nc(Nc4ccc(Cl)cc4)[nH]c(=O)c32)c1. The third-order valence-electron chi connectivity index (χ3n) is 5.04. The zero-order valence-corrected chi connectivity index (χ0v) is 18.4. The molecule has 33 heavy (non-hydrogen) atoms. The smallest absolute Gasteiger partial charge is 0.258 e. The third kappa shape index (κ3) is 4.75. The largest absolute Gasteiger partial charge is 0.497 e. The van der Waals surface area contributed by atoms with E-state index in [1.165, 1.54) is 14.2 Å². The number of aromatic nitrogens is 2. The van der Waals surface area contributed by atoms with E-state index in [0.29, 0.717) is 27.9 Å². The summed E-state index contributed by atoms with van der Waals surface area (Å²) >= 11 is 5.89. The highest BCUT2D eigenvalue weighted by Crippen LogP contribution is 2.33. The first-order chi connectivity index (χ1) is 15.9. The molecule has 170 valence electrons. The number of H-pyrrole nitrogens is 1. The van der Waals surface area contributed by atoms with Crippen LogP contribution >= 0.6 is 11.6 Å². The number of carbonyl (C=O) groups is 2. The van der Waals surface area contributed by atoms with E-state index in [4.69, 9.17) is 21.1 Å². The molecule has 1 atom stereocenters. The van der Waals surface area contributed by atoms with Crippen molar-refractivity contribution in [2.45, 2.75) is 12.3 Å². The predicted octanol–water partition coefficient (Wildman–Crippen LogP) is 3.25.